The number of aliphatic carboxylic acids is 1. The molecular weight excluding hydrogens is 228 g/mol. The molecule has 2 rings (SSSR count). The molecule has 98 valence electrons. The first-order valence-electron chi connectivity index (χ1n) is 6.42. The van der Waals surface area contributed by atoms with Crippen molar-refractivity contribution in [1.29, 1.82) is 0 Å². The van der Waals surface area contributed by atoms with Crippen LogP contribution >= 0.6 is 0 Å². The van der Waals surface area contributed by atoms with Crippen LogP contribution in [0.5, 0.6) is 0 Å². The van der Waals surface area contributed by atoms with Gasteiger partial charge in [-0.25, -0.2) is 0 Å². The fourth-order valence-electron chi connectivity index (χ4n) is 2.48. The van der Waals surface area contributed by atoms with Crippen LogP contribution in [0.1, 0.15) is 18.4 Å². The Balaban J connectivity index is 2.12. The fraction of sp³-hybridized carbons (Fsp3) is 0.500. The van der Waals surface area contributed by atoms with Gasteiger partial charge in [0, 0.05) is 24.8 Å². The molecule has 0 aliphatic carbocycles. The zero-order chi connectivity index (χ0) is 13.0. The lowest BCUT2D eigenvalue weighted by atomic mass is 10.1. The highest BCUT2D eigenvalue weighted by Crippen LogP contribution is 2.21. The summed E-state index contributed by atoms with van der Waals surface area (Å²) < 4.78 is 0. The highest BCUT2D eigenvalue weighted by atomic mass is 16.4. The number of carbonyl (C=O) groups is 1. The molecule has 4 heteroatoms. The van der Waals surface area contributed by atoms with Crippen LogP contribution < -0.4 is 10.2 Å². The third-order valence-electron chi connectivity index (χ3n) is 3.36. The minimum atomic E-state index is -0.737. The Morgan fingerprint density at radius 3 is 3.00 bits per heavy atom. The van der Waals surface area contributed by atoms with Crippen LogP contribution in [0.2, 0.25) is 0 Å². The van der Waals surface area contributed by atoms with Gasteiger partial charge in [0.1, 0.15) is 0 Å². The molecule has 18 heavy (non-hydrogen) atoms. The predicted octanol–water partition coefficient (Wildman–Crippen LogP) is 1.64. The number of benzene rings is 1. The number of para-hydroxylation sites is 1. The first-order chi connectivity index (χ1) is 8.66. The second kappa shape index (κ2) is 5.87. The molecular formula is C14H20N2O2. The Kier molecular flexibility index (Phi) is 4.20. The minimum Gasteiger partial charge on any atom is -0.481 e. The molecule has 1 saturated heterocycles. The smallest absolute Gasteiger partial charge is 0.304 e. The molecule has 0 spiro atoms. The fourth-order valence-corrected chi connectivity index (χ4v) is 2.48. The van der Waals surface area contributed by atoms with Gasteiger partial charge in [0.25, 0.3) is 0 Å². The standard InChI is InChI=1S/C14H20N2O2/c1-11-5-2-3-6-13(11)16-8-4-7-15-12(10-16)9-14(17)18/h2-3,5-6,12,15H,4,7-10H2,1H3,(H,17,18). The zero-order valence-electron chi connectivity index (χ0n) is 10.7. The Morgan fingerprint density at radius 2 is 2.28 bits per heavy atom. The summed E-state index contributed by atoms with van der Waals surface area (Å²) in [5, 5.41) is 12.2. The number of anilines is 1. The maximum atomic E-state index is 10.8. The van der Waals surface area contributed by atoms with E-state index in [9.17, 15) is 4.79 Å². The molecule has 1 unspecified atom stereocenters. The Bertz CT molecular complexity index is 420. The van der Waals surface area contributed by atoms with E-state index in [1.807, 2.05) is 12.1 Å². The van der Waals surface area contributed by atoms with Crippen LogP contribution in [0.4, 0.5) is 5.69 Å². The molecule has 1 atom stereocenters. The quantitative estimate of drug-likeness (QED) is 0.854. The van der Waals surface area contributed by atoms with E-state index in [1.165, 1.54) is 11.3 Å². The number of carboxylic acids is 1. The molecule has 0 radical (unpaired) electrons. The van der Waals surface area contributed by atoms with E-state index in [-0.39, 0.29) is 12.5 Å². The summed E-state index contributed by atoms with van der Waals surface area (Å²) in [6.45, 7) is 4.73. The van der Waals surface area contributed by atoms with Gasteiger partial charge >= 0.3 is 5.97 Å². The Labute approximate surface area is 108 Å². The van der Waals surface area contributed by atoms with Crippen LogP contribution in [0.3, 0.4) is 0 Å². The molecule has 0 saturated carbocycles. The lowest BCUT2D eigenvalue weighted by Crippen LogP contribution is -2.39. The maximum Gasteiger partial charge on any atom is 0.304 e. The van der Waals surface area contributed by atoms with Gasteiger partial charge in [-0.3, -0.25) is 4.79 Å². The molecule has 1 fully saturated rings. The van der Waals surface area contributed by atoms with Crippen LogP contribution in [0, 0.1) is 6.92 Å². The lowest BCUT2D eigenvalue weighted by molar-refractivity contribution is -0.137. The van der Waals surface area contributed by atoms with Gasteiger partial charge in [-0.15, -0.1) is 0 Å². The predicted molar refractivity (Wildman–Crippen MR) is 72.1 cm³/mol. The maximum absolute atomic E-state index is 10.8. The van der Waals surface area contributed by atoms with Crippen molar-refractivity contribution in [3.63, 3.8) is 0 Å². The second-order valence-electron chi connectivity index (χ2n) is 4.83. The normalized spacial score (nSPS) is 20.5. The van der Waals surface area contributed by atoms with Gasteiger partial charge in [-0.2, -0.15) is 0 Å². The first-order valence-corrected chi connectivity index (χ1v) is 6.42. The molecule has 4 nitrogen and oxygen atoms in total. The Morgan fingerprint density at radius 1 is 1.50 bits per heavy atom. The molecule has 1 heterocycles. The summed E-state index contributed by atoms with van der Waals surface area (Å²) in [6.07, 6.45) is 1.23. The van der Waals surface area contributed by atoms with E-state index in [0.29, 0.717) is 0 Å². The van der Waals surface area contributed by atoms with Crippen molar-refractivity contribution in [3.8, 4) is 0 Å². The van der Waals surface area contributed by atoms with Crippen LogP contribution in [0.25, 0.3) is 0 Å². The second-order valence-corrected chi connectivity index (χ2v) is 4.83. The number of hydrogen-bond donors (Lipinski definition) is 2. The summed E-state index contributed by atoms with van der Waals surface area (Å²) in [5.41, 5.74) is 2.46. The average molecular weight is 248 g/mol. The Hall–Kier alpha value is -1.55. The van der Waals surface area contributed by atoms with E-state index < -0.39 is 5.97 Å². The third kappa shape index (κ3) is 3.23. The summed E-state index contributed by atoms with van der Waals surface area (Å²) in [6, 6.07) is 8.30. The summed E-state index contributed by atoms with van der Waals surface area (Å²) in [7, 11) is 0. The van der Waals surface area contributed by atoms with Gasteiger partial charge in [0.05, 0.1) is 6.42 Å². The van der Waals surface area contributed by atoms with Crippen molar-refractivity contribution >= 4 is 11.7 Å². The number of aryl methyl sites for hydroxylation is 1. The van der Waals surface area contributed by atoms with Crippen molar-refractivity contribution < 1.29 is 9.90 Å². The lowest BCUT2D eigenvalue weighted by Gasteiger charge is -2.27. The topological polar surface area (TPSA) is 52.6 Å². The number of nitrogens with one attached hydrogen (secondary N) is 1. The highest BCUT2D eigenvalue weighted by molar-refractivity contribution is 5.67. The molecule has 0 bridgehead atoms. The molecule has 1 aliphatic heterocycles. The van der Waals surface area contributed by atoms with E-state index in [2.05, 4.69) is 29.3 Å². The van der Waals surface area contributed by atoms with Gasteiger partial charge in [0.15, 0.2) is 0 Å². The summed E-state index contributed by atoms with van der Waals surface area (Å²) >= 11 is 0. The first kappa shape index (κ1) is 12.9. The van der Waals surface area contributed by atoms with Crippen molar-refractivity contribution in [3.05, 3.63) is 29.8 Å². The highest BCUT2D eigenvalue weighted by Gasteiger charge is 2.20. The largest absolute Gasteiger partial charge is 0.481 e. The van der Waals surface area contributed by atoms with Gasteiger partial charge < -0.3 is 15.3 Å². The van der Waals surface area contributed by atoms with E-state index in [1.54, 1.807) is 0 Å². The van der Waals surface area contributed by atoms with Gasteiger partial charge in [-0.1, -0.05) is 18.2 Å². The monoisotopic (exact) mass is 248 g/mol. The summed E-state index contributed by atoms with van der Waals surface area (Å²) in [5.74, 6) is -0.737. The molecule has 1 aromatic rings. The van der Waals surface area contributed by atoms with Crippen molar-refractivity contribution in [2.75, 3.05) is 24.5 Å². The third-order valence-corrected chi connectivity index (χ3v) is 3.36. The average Bonchev–Trinajstić information content (AvgIpc) is 2.54. The number of hydrogen-bond acceptors (Lipinski definition) is 3. The van der Waals surface area contributed by atoms with Crippen molar-refractivity contribution in [2.45, 2.75) is 25.8 Å². The summed E-state index contributed by atoms with van der Waals surface area (Å²) in [4.78, 5) is 13.1. The van der Waals surface area contributed by atoms with Crippen molar-refractivity contribution in [2.24, 2.45) is 0 Å². The van der Waals surface area contributed by atoms with Gasteiger partial charge in [-0.05, 0) is 31.5 Å². The van der Waals surface area contributed by atoms with Crippen molar-refractivity contribution in [1.82, 2.24) is 5.32 Å². The number of nitrogens with zero attached hydrogens (tertiary/aromatic N) is 1. The SMILES string of the molecule is Cc1ccccc1N1CCCNC(CC(=O)O)C1. The molecule has 1 aromatic carbocycles. The molecule has 1 aliphatic rings. The van der Waals surface area contributed by atoms with Crippen LogP contribution in [-0.4, -0.2) is 36.8 Å². The minimum absolute atomic E-state index is 0.0320. The van der Waals surface area contributed by atoms with Gasteiger partial charge in [0.2, 0.25) is 0 Å². The van der Waals surface area contributed by atoms with E-state index >= 15 is 0 Å². The van der Waals surface area contributed by atoms with E-state index in [4.69, 9.17) is 5.11 Å². The zero-order valence-corrected chi connectivity index (χ0v) is 10.7. The van der Waals surface area contributed by atoms with Crippen LogP contribution in [-0.2, 0) is 4.79 Å². The number of carboxylic acid groups (broad SMARTS) is 1. The molecule has 2 N–H and O–H groups in total. The van der Waals surface area contributed by atoms with E-state index in [0.717, 1.165) is 26.1 Å². The molecule has 0 aromatic heterocycles. The number of rotatable bonds is 3. The van der Waals surface area contributed by atoms with Crippen LogP contribution in [0.15, 0.2) is 24.3 Å². The molecule has 0 amide bonds.